The lowest BCUT2D eigenvalue weighted by molar-refractivity contribution is 0.540. The predicted octanol–water partition coefficient (Wildman–Crippen LogP) is 3.54. The summed E-state index contributed by atoms with van der Waals surface area (Å²) in [5, 5.41) is 0.811. The van der Waals surface area contributed by atoms with Crippen LogP contribution in [0.25, 0.3) is 0 Å². The van der Waals surface area contributed by atoms with E-state index >= 15 is 0 Å². The first kappa shape index (κ1) is 12.6. The van der Waals surface area contributed by atoms with Gasteiger partial charge in [0, 0.05) is 16.6 Å². The highest BCUT2D eigenvalue weighted by Crippen LogP contribution is 2.31. The third-order valence-electron chi connectivity index (χ3n) is 2.34. The molecule has 0 amide bonds. The fourth-order valence-electron chi connectivity index (χ4n) is 1.49. The molecule has 0 spiro atoms. The van der Waals surface area contributed by atoms with Crippen molar-refractivity contribution in [2.75, 3.05) is 0 Å². The molecule has 1 heterocycles. The number of nitrogens with two attached hydrogens (primary N) is 1. The van der Waals surface area contributed by atoms with Crippen LogP contribution >= 0.6 is 27.3 Å². The molecule has 2 aromatic rings. The van der Waals surface area contributed by atoms with Gasteiger partial charge in [-0.15, -0.1) is 11.3 Å². The lowest BCUT2D eigenvalue weighted by Gasteiger charge is -2.12. The molecule has 1 unspecified atom stereocenters. The normalized spacial score (nSPS) is 12.8. The number of rotatable bonds is 2. The molecule has 0 aliphatic carbocycles. The summed E-state index contributed by atoms with van der Waals surface area (Å²) in [5.74, 6) is -1.31. The monoisotopic (exact) mass is 318 g/mol. The molecular weight excluding hydrogens is 310 g/mol. The van der Waals surface area contributed by atoms with Gasteiger partial charge in [0.2, 0.25) is 0 Å². The molecule has 17 heavy (non-hydrogen) atoms. The molecule has 1 aromatic heterocycles. The van der Waals surface area contributed by atoms with Crippen LogP contribution in [-0.2, 0) is 0 Å². The average molecular weight is 319 g/mol. The number of aryl methyl sites for hydroxylation is 1. The maximum Gasteiger partial charge on any atom is 0.145 e. The number of benzene rings is 1. The number of halogens is 3. The number of hydrogen-bond donors (Lipinski definition) is 1. The molecule has 2 rings (SSSR count). The standard InChI is InChI=1S/C11H9BrF2N2S/c1-5-16-4-8(17-5)11(15)9-7(13)3-2-6(12)10(9)14/h2-4,11H,15H2,1H3. The van der Waals surface area contributed by atoms with Gasteiger partial charge in [-0.25, -0.2) is 13.8 Å². The molecule has 0 bridgehead atoms. The van der Waals surface area contributed by atoms with Gasteiger partial charge in [-0.3, -0.25) is 0 Å². The lowest BCUT2D eigenvalue weighted by atomic mass is 10.1. The summed E-state index contributed by atoms with van der Waals surface area (Å²) in [5.41, 5.74) is 5.73. The molecule has 0 fully saturated rings. The molecule has 0 saturated heterocycles. The topological polar surface area (TPSA) is 38.9 Å². The van der Waals surface area contributed by atoms with E-state index in [-0.39, 0.29) is 10.0 Å². The number of nitrogens with zero attached hydrogens (tertiary/aromatic N) is 1. The highest BCUT2D eigenvalue weighted by atomic mass is 79.9. The summed E-state index contributed by atoms with van der Waals surface area (Å²) in [6.45, 7) is 1.81. The van der Waals surface area contributed by atoms with E-state index in [1.807, 2.05) is 6.92 Å². The quantitative estimate of drug-likeness (QED) is 0.860. The SMILES string of the molecule is Cc1ncc(C(N)c2c(F)ccc(Br)c2F)s1. The summed E-state index contributed by atoms with van der Waals surface area (Å²) in [6.07, 6.45) is 1.55. The molecule has 0 aliphatic rings. The van der Waals surface area contributed by atoms with Crippen LogP contribution < -0.4 is 5.73 Å². The largest absolute Gasteiger partial charge is 0.319 e. The van der Waals surface area contributed by atoms with E-state index in [1.54, 1.807) is 6.20 Å². The van der Waals surface area contributed by atoms with E-state index in [1.165, 1.54) is 23.5 Å². The van der Waals surface area contributed by atoms with E-state index < -0.39 is 17.7 Å². The summed E-state index contributed by atoms with van der Waals surface area (Å²) in [4.78, 5) is 4.66. The second-order valence-corrected chi connectivity index (χ2v) is 5.64. The zero-order valence-electron chi connectivity index (χ0n) is 8.88. The summed E-state index contributed by atoms with van der Waals surface area (Å²) >= 11 is 4.35. The van der Waals surface area contributed by atoms with Gasteiger partial charge in [-0.1, -0.05) is 0 Å². The van der Waals surface area contributed by atoms with E-state index in [2.05, 4.69) is 20.9 Å². The van der Waals surface area contributed by atoms with Crippen molar-refractivity contribution >= 4 is 27.3 Å². The Balaban J connectivity index is 2.50. The first-order chi connectivity index (χ1) is 8.00. The summed E-state index contributed by atoms with van der Waals surface area (Å²) < 4.78 is 27.6. The van der Waals surface area contributed by atoms with Crippen LogP contribution in [0.2, 0.25) is 0 Å². The summed E-state index contributed by atoms with van der Waals surface area (Å²) in [6, 6.07) is 1.67. The van der Waals surface area contributed by atoms with E-state index in [4.69, 9.17) is 5.73 Å². The minimum Gasteiger partial charge on any atom is -0.319 e. The molecule has 0 saturated carbocycles. The Hall–Kier alpha value is -0.850. The van der Waals surface area contributed by atoms with Crippen molar-refractivity contribution in [1.82, 2.24) is 4.98 Å². The van der Waals surface area contributed by atoms with Crippen LogP contribution in [0.1, 0.15) is 21.5 Å². The van der Waals surface area contributed by atoms with Gasteiger partial charge in [0.25, 0.3) is 0 Å². The van der Waals surface area contributed by atoms with Crippen molar-refractivity contribution in [2.45, 2.75) is 13.0 Å². The first-order valence-corrected chi connectivity index (χ1v) is 6.43. The van der Waals surface area contributed by atoms with Gasteiger partial charge >= 0.3 is 0 Å². The Bertz CT molecular complexity index is 556. The van der Waals surface area contributed by atoms with Gasteiger partial charge in [0.1, 0.15) is 11.6 Å². The molecule has 1 aromatic carbocycles. The fraction of sp³-hybridized carbons (Fsp3) is 0.182. The van der Waals surface area contributed by atoms with Crippen LogP contribution in [-0.4, -0.2) is 4.98 Å². The minimum atomic E-state index is -0.835. The molecular formula is C11H9BrF2N2S. The van der Waals surface area contributed by atoms with Crippen molar-refractivity contribution < 1.29 is 8.78 Å². The van der Waals surface area contributed by atoms with Crippen molar-refractivity contribution in [3.8, 4) is 0 Å². The number of thiazole rings is 1. The van der Waals surface area contributed by atoms with Crippen molar-refractivity contribution in [3.05, 3.63) is 49.9 Å². The zero-order chi connectivity index (χ0) is 12.6. The predicted molar refractivity (Wildman–Crippen MR) is 66.9 cm³/mol. The van der Waals surface area contributed by atoms with E-state index in [0.29, 0.717) is 4.88 Å². The molecule has 1 atom stereocenters. The number of hydrogen-bond acceptors (Lipinski definition) is 3. The Morgan fingerprint density at radius 3 is 2.71 bits per heavy atom. The van der Waals surface area contributed by atoms with Gasteiger partial charge in [-0.2, -0.15) is 0 Å². The van der Waals surface area contributed by atoms with Crippen molar-refractivity contribution in [1.29, 1.82) is 0 Å². The average Bonchev–Trinajstić information content (AvgIpc) is 2.71. The van der Waals surface area contributed by atoms with Crippen LogP contribution in [0.3, 0.4) is 0 Å². The molecule has 90 valence electrons. The van der Waals surface area contributed by atoms with Crippen LogP contribution in [0, 0.1) is 18.6 Å². The highest BCUT2D eigenvalue weighted by Gasteiger charge is 2.21. The Labute approximate surface area is 110 Å². The lowest BCUT2D eigenvalue weighted by Crippen LogP contribution is -2.14. The van der Waals surface area contributed by atoms with Crippen LogP contribution in [0.4, 0.5) is 8.78 Å². The van der Waals surface area contributed by atoms with Gasteiger partial charge in [0.05, 0.1) is 15.5 Å². The molecule has 6 heteroatoms. The van der Waals surface area contributed by atoms with E-state index in [9.17, 15) is 8.78 Å². The van der Waals surface area contributed by atoms with Gasteiger partial charge in [0.15, 0.2) is 0 Å². The second kappa shape index (κ2) is 4.80. The molecule has 2 N–H and O–H groups in total. The van der Waals surface area contributed by atoms with Crippen LogP contribution in [0.15, 0.2) is 22.8 Å². The minimum absolute atomic E-state index is 0.136. The van der Waals surface area contributed by atoms with Gasteiger partial charge < -0.3 is 5.73 Å². The maximum atomic E-state index is 13.8. The maximum absolute atomic E-state index is 13.8. The zero-order valence-corrected chi connectivity index (χ0v) is 11.3. The van der Waals surface area contributed by atoms with E-state index in [0.717, 1.165) is 5.01 Å². The molecule has 2 nitrogen and oxygen atoms in total. The van der Waals surface area contributed by atoms with Crippen molar-refractivity contribution in [2.24, 2.45) is 5.73 Å². The fourth-order valence-corrected chi connectivity index (χ4v) is 2.63. The highest BCUT2D eigenvalue weighted by molar-refractivity contribution is 9.10. The third-order valence-corrected chi connectivity index (χ3v) is 3.94. The van der Waals surface area contributed by atoms with Crippen LogP contribution in [0.5, 0.6) is 0 Å². The Morgan fingerprint density at radius 1 is 1.41 bits per heavy atom. The Morgan fingerprint density at radius 2 is 2.12 bits per heavy atom. The molecule has 0 aliphatic heterocycles. The third kappa shape index (κ3) is 2.38. The smallest absolute Gasteiger partial charge is 0.145 e. The number of aromatic nitrogens is 1. The van der Waals surface area contributed by atoms with Crippen molar-refractivity contribution in [3.63, 3.8) is 0 Å². The second-order valence-electron chi connectivity index (χ2n) is 3.52. The Kier molecular flexibility index (Phi) is 3.56. The summed E-state index contributed by atoms with van der Waals surface area (Å²) in [7, 11) is 0. The first-order valence-electron chi connectivity index (χ1n) is 4.82. The molecule has 0 radical (unpaired) electrons. The van der Waals surface area contributed by atoms with Gasteiger partial charge in [-0.05, 0) is 35.0 Å².